The molecule has 1 aliphatic heterocycles. The van der Waals surface area contributed by atoms with Gasteiger partial charge in [0.25, 0.3) is 0 Å². The van der Waals surface area contributed by atoms with Gasteiger partial charge in [0.2, 0.25) is 5.91 Å². The maximum absolute atomic E-state index is 12.8. The maximum Gasteiger partial charge on any atom is 0.308 e. The third-order valence-electron chi connectivity index (χ3n) is 4.74. The van der Waals surface area contributed by atoms with E-state index in [4.69, 9.17) is 4.74 Å². The van der Waals surface area contributed by atoms with Crippen LogP contribution in [0.3, 0.4) is 0 Å². The van der Waals surface area contributed by atoms with E-state index in [2.05, 4.69) is 4.90 Å². The van der Waals surface area contributed by atoms with E-state index >= 15 is 0 Å². The van der Waals surface area contributed by atoms with Crippen LogP contribution in [0.1, 0.15) is 25.3 Å². The molecular weight excluding hydrogens is 320 g/mol. The number of carboxylic acids is 1. The summed E-state index contributed by atoms with van der Waals surface area (Å²) in [5, 5.41) is 9.39. The Morgan fingerprint density at radius 2 is 1.88 bits per heavy atom. The van der Waals surface area contributed by atoms with Crippen LogP contribution < -0.4 is 4.74 Å². The van der Waals surface area contributed by atoms with Crippen molar-refractivity contribution < 1.29 is 19.4 Å². The summed E-state index contributed by atoms with van der Waals surface area (Å²) in [4.78, 5) is 28.0. The molecule has 1 aromatic carbocycles. The molecule has 0 aliphatic carbocycles. The summed E-state index contributed by atoms with van der Waals surface area (Å²) >= 11 is 0. The van der Waals surface area contributed by atoms with Crippen molar-refractivity contribution in [2.75, 3.05) is 33.8 Å². The van der Waals surface area contributed by atoms with E-state index in [1.807, 2.05) is 45.3 Å². The molecule has 1 heterocycles. The van der Waals surface area contributed by atoms with Gasteiger partial charge < -0.3 is 19.6 Å². The van der Waals surface area contributed by atoms with Gasteiger partial charge in [-0.15, -0.1) is 0 Å². The Kier molecular flexibility index (Phi) is 6.82. The Hall–Kier alpha value is -2.08. The number of benzene rings is 1. The minimum absolute atomic E-state index is 0.0239. The molecule has 0 aromatic heterocycles. The molecule has 2 rings (SSSR count). The van der Waals surface area contributed by atoms with Crippen LogP contribution in [0.15, 0.2) is 24.3 Å². The average molecular weight is 348 g/mol. The summed E-state index contributed by atoms with van der Waals surface area (Å²) in [6.45, 7) is 3.40. The number of amides is 1. The number of nitrogens with zero attached hydrogens (tertiary/aromatic N) is 2. The molecular formula is C19H28N2O4. The van der Waals surface area contributed by atoms with Crippen LogP contribution in [0.25, 0.3) is 0 Å². The number of carbonyl (C=O) groups is 2. The summed E-state index contributed by atoms with van der Waals surface area (Å²) in [5.74, 6) is -0.552. The van der Waals surface area contributed by atoms with Crippen molar-refractivity contribution in [2.45, 2.75) is 32.2 Å². The van der Waals surface area contributed by atoms with Gasteiger partial charge in [0, 0.05) is 19.1 Å². The van der Waals surface area contributed by atoms with Crippen LogP contribution >= 0.6 is 0 Å². The highest BCUT2D eigenvalue weighted by Crippen LogP contribution is 2.21. The smallest absolute Gasteiger partial charge is 0.308 e. The van der Waals surface area contributed by atoms with Gasteiger partial charge in [-0.2, -0.15) is 0 Å². The van der Waals surface area contributed by atoms with Crippen LogP contribution in [0.4, 0.5) is 0 Å². The fourth-order valence-electron chi connectivity index (χ4n) is 3.15. The van der Waals surface area contributed by atoms with Crippen LogP contribution in [0, 0.1) is 5.92 Å². The Morgan fingerprint density at radius 1 is 1.20 bits per heavy atom. The summed E-state index contributed by atoms with van der Waals surface area (Å²) in [6.07, 6.45) is 1.67. The first-order valence-corrected chi connectivity index (χ1v) is 8.79. The number of hydrogen-bond donors (Lipinski definition) is 1. The largest absolute Gasteiger partial charge is 0.494 e. The molecule has 1 aliphatic rings. The molecule has 1 fully saturated rings. The molecule has 6 heteroatoms. The first kappa shape index (κ1) is 19.2. The first-order chi connectivity index (χ1) is 11.9. The lowest BCUT2D eigenvalue weighted by Crippen LogP contribution is -2.43. The second-order valence-electron chi connectivity index (χ2n) is 6.78. The summed E-state index contributed by atoms with van der Waals surface area (Å²) in [6, 6.07) is 7.68. The monoisotopic (exact) mass is 348 g/mol. The van der Waals surface area contributed by atoms with E-state index < -0.39 is 11.9 Å². The third kappa shape index (κ3) is 5.46. The van der Waals surface area contributed by atoms with Crippen LogP contribution in [0.5, 0.6) is 5.75 Å². The minimum atomic E-state index is -0.821. The number of hydrogen-bond acceptors (Lipinski definition) is 4. The van der Waals surface area contributed by atoms with Crippen LogP contribution in [-0.2, 0) is 16.0 Å². The van der Waals surface area contributed by atoms with E-state index in [-0.39, 0.29) is 24.9 Å². The van der Waals surface area contributed by atoms with Gasteiger partial charge in [-0.05, 0) is 51.6 Å². The fraction of sp³-hybridized carbons (Fsp3) is 0.579. The number of aliphatic carboxylic acids is 1. The highest BCUT2D eigenvalue weighted by Gasteiger charge is 2.31. The molecule has 0 saturated carbocycles. The summed E-state index contributed by atoms with van der Waals surface area (Å²) in [7, 11) is 3.95. The van der Waals surface area contributed by atoms with Crippen LogP contribution in [-0.4, -0.2) is 66.6 Å². The van der Waals surface area contributed by atoms with E-state index in [0.717, 1.165) is 17.7 Å². The second kappa shape index (κ2) is 8.85. The van der Waals surface area contributed by atoms with E-state index in [9.17, 15) is 14.7 Å². The van der Waals surface area contributed by atoms with Crippen molar-refractivity contribution in [2.24, 2.45) is 5.92 Å². The van der Waals surface area contributed by atoms with Crippen molar-refractivity contribution >= 4 is 11.9 Å². The van der Waals surface area contributed by atoms with Crippen molar-refractivity contribution in [3.8, 4) is 5.75 Å². The second-order valence-corrected chi connectivity index (χ2v) is 6.78. The lowest BCUT2D eigenvalue weighted by Gasteiger charge is -2.29. The molecule has 0 unspecified atom stereocenters. The first-order valence-electron chi connectivity index (χ1n) is 8.79. The van der Waals surface area contributed by atoms with Crippen molar-refractivity contribution in [3.05, 3.63) is 29.8 Å². The molecule has 0 bridgehead atoms. The van der Waals surface area contributed by atoms with Crippen molar-refractivity contribution in [1.82, 2.24) is 9.80 Å². The van der Waals surface area contributed by atoms with Gasteiger partial charge in [-0.25, -0.2) is 0 Å². The highest BCUT2D eigenvalue weighted by atomic mass is 16.5. The predicted molar refractivity (Wildman–Crippen MR) is 95.7 cm³/mol. The molecule has 1 amide bonds. The molecule has 138 valence electrons. The Balaban J connectivity index is 2.06. The molecule has 25 heavy (non-hydrogen) atoms. The topological polar surface area (TPSA) is 70.1 Å². The van der Waals surface area contributed by atoms with E-state index in [1.54, 1.807) is 4.90 Å². The summed E-state index contributed by atoms with van der Waals surface area (Å²) in [5.41, 5.74) is 0.908. The molecule has 0 radical (unpaired) electrons. The van der Waals surface area contributed by atoms with Crippen molar-refractivity contribution in [1.29, 1.82) is 0 Å². The van der Waals surface area contributed by atoms with Gasteiger partial charge >= 0.3 is 5.97 Å². The van der Waals surface area contributed by atoms with Gasteiger partial charge in [0.1, 0.15) is 5.75 Å². The number of ether oxygens (including phenoxy) is 1. The van der Waals surface area contributed by atoms with Crippen molar-refractivity contribution in [3.63, 3.8) is 0 Å². The number of likely N-dealkylation sites (tertiary alicyclic amines) is 1. The Labute approximate surface area is 149 Å². The number of carbonyl (C=O) groups excluding carboxylic acids is 1. The molecule has 0 spiro atoms. The molecule has 1 aromatic rings. The van der Waals surface area contributed by atoms with Gasteiger partial charge in [0.15, 0.2) is 0 Å². The zero-order chi connectivity index (χ0) is 18.4. The Bertz CT molecular complexity index is 586. The molecule has 1 N–H and O–H groups in total. The quantitative estimate of drug-likeness (QED) is 0.850. The average Bonchev–Trinajstić information content (AvgIpc) is 2.80. The molecule has 1 saturated heterocycles. The normalized spacial score (nSPS) is 21.0. The number of rotatable bonds is 6. The predicted octanol–water partition coefficient (Wildman–Crippen LogP) is 1.88. The van der Waals surface area contributed by atoms with E-state index in [0.29, 0.717) is 19.6 Å². The Morgan fingerprint density at radius 3 is 2.44 bits per heavy atom. The number of carboxylic acid groups (broad SMARTS) is 1. The standard InChI is InChI=1S/C19H28N2O4/c1-4-25-17-9-5-14(6-10-17)11-18(22)21-12-15(19(23)24)7-8-16(13-21)20(2)3/h5-6,9-10,15-16H,4,7-8,11-13H2,1-3H3,(H,23,24)/t15-,16+/m0/s1. The lowest BCUT2D eigenvalue weighted by molar-refractivity contribution is -0.143. The van der Waals surface area contributed by atoms with Gasteiger partial charge in [-0.3, -0.25) is 9.59 Å². The zero-order valence-corrected chi connectivity index (χ0v) is 15.3. The third-order valence-corrected chi connectivity index (χ3v) is 4.74. The fourth-order valence-corrected chi connectivity index (χ4v) is 3.15. The van der Waals surface area contributed by atoms with Gasteiger partial charge in [0.05, 0.1) is 18.9 Å². The minimum Gasteiger partial charge on any atom is -0.494 e. The van der Waals surface area contributed by atoms with E-state index in [1.165, 1.54) is 0 Å². The molecule has 2 atom stereocenters. The summed E-state index contributed by atoms with van der Waals surface area (Å²) < 4.78 is 5.41. The number of likely N-dealkylation sites (N-methyl/N-ethyl adjacent to an activating group) is 1. The lowest BCUT2D eigenvalue weighted by atomic mass is 10.0. The van der Waals surface area contributed by atoms with Crippen LogP contribution in [0.2, 0.25) is 0 Å². The molecule has 6 nitrogen and oxygen atoms in total. The zero-order valence-electron chi connectivity index (χ0n) is 15.3. The van der Waals surface area contributed by atoms with Gasteiger partial charge in [-0.1, -0.05) is 12.1 Å². The maximum atomic E-state index is 12.8. The highest BCUT2D eigenvalue weighted by molar-refractivity contribution is 5.80. The SMILES string of the molecule is CCOc1ccc(CC(=O)N2C[C@@H](C(=O)O)CC[C@@H](N(C)C)C2)cc1.